The summed E-state index contributed by atoms with van der Waals surface area (Å²) >= 11 is 0. The summed E-state index contributed by atoms with van der Waals surface area (Å²) in [5.74, 6) is 0. The van der Waals surface area contributed by atoms with E-state index in [4.69, 9.17) is 0 Å². The van der Waals surface area contributed by atoms with Crippen molar-refractivity contribution in [3.63, 3.8) is 0 Å². The van der Waals surface area contributed by atoms with E-state index in [1.807, 2.05) is 0 Å². The molecular formula is C8H14. The van der Waals surface area contributed by atoms with Crippen molar-refractivity contribution in [2.45, 2.75) is 44.9 Å². The summed E-state index contributed by atoms with van der Waals surface area (Å²) in [7, 11) is 0. The Balaban J connectivity index is 1.95. The maximum atomic E-state index is 1.56. The third kappa shape index (κ3) is 0.667. The zero-order chi connectivity index (χ0) is 5.45. The van der Waals surface area contributed by atoms with Gasteiger partial charge in [0, 0.05) is 0 Å². The first kappa shape index (κ1) is 4.84. The standard InChI is InChI=1S/C8H14/c1-2-4-8(5-3-1)6-7-8/h1-7H2. The van der Waals surface area contributed by atoms with E-state index < -0.39 is 0 Å². The van der Waals surface area contributed by atoms with Crippen LogP contribution in [0, 0.1) is 5.41 Å². The van der Waals surface area contributed by atoms with Crippen LogP contribution in [0.5, 0.6) is 0 Å². The van der Waals surface area contributed by atoms with Gasteiger partial charge in [-0.2, -0.15) is 0 Å². The first-order valence-corrected chi connectivity index (χ1v) is 3.91. The molecule has 0 N–H and O–H groups in total. The summed E-state index contributed by atoms with van der Waals surface area (Å²) in [6, 6.07) is 0. The van der Waals surface area contributed by atoms with Crippen molar-refractivity contribution in [3.05, 3.63) is 0 Å². The molecule has 0 heterocycles. The van der Waals surface area contributed by atoms with Crippen molar-refractivity contribution in [1.82, 2.24) is 0 Å². The Morgan fingerprint density at radius 1 is 0.625 bits per heavy atom. The highest BCUT2D eigenvalue weighted by atomic mass is 14.5. The first-order valence-electron chi connectivity index (χ1n) is 3.91. The van der Waals surface area contributed by atoms with Gasteiger partial charge >= 0.3 is 0 Å². The summed E-state index contributed by atoms with van der Waals surface area (Å²) < 4.78 is 0. The second-order valence-corrected chi connectivity index (χ2v) is 3.56. The molecule has 0 aromatic rings. The van der Waals surface area contributed by atoms with Crippen molar-refractivity contribution < 1.29 is 0 Å². The zero-order valence-electron chi connectivity index (χ0n) is 5.45. The lowest BCUT2D eigenvalue weighted by atomic mass is 9.87. The van der Waals surface area contributed by atoms with E-state index in [2.05, 4.69) is 0 Å². The molecule has 1 spiro atoms. The molecule has 0 amide bonds. The van der Waals surface area contributed by atoms with Gasteiger partial charge in [0.15, 0.2) is 0 Å². The zero-order valence-corrected chi connectivity index (χ0v) is 5.45. The summed E-state index contributed by atoms with van der Waals surface area (Å²) in [5, 5.41) is 0. The molecule has 2 aliphatic rings. The molecule has 2 aliphatic carbocycles. The molecule has 0 heteroatoms. The molecule has 0 nitrogen and oxygen atoms in total. The fourth-order valence-electron chi connectivity index (χ4n) is 1.98. The highest BCUT2D eigenvalue weighted by Crippen LogP contribution is 2.55. The van der Waals surface area contributed by atoms with Crippen LogP contribution >= 0.6 is 0 Å². The van der Waals surface area contributed by atoms with Crippen molar-refractivity contribution >= 4 is 0 Å². The molecule has 0 aromatic carbocycles. The van der Waals surface area contributed by atoms with E-state index in [-0.39, 0.29) is 0 Å². The van der Waals surface area contributed by atoms with Gasteiger partial charge < -0.3 is 0 Å². The molecule has 46 valence electrons. The van der Waals surface area contributed by atoms with Crippen LogP contribution in [0.3, 0.4) is 0 Å². The molecular weight excluding hydrogens is 96.1 g/mol. The lowest BCUT2D eigenvalue weighted by Crippen LogP contribution is -2.05. The molecule has 0 atom stereocenters. The number of hydrogen-bond donors (Lipinski definition) is 0. The third-order valence-corrected chi connectivity index (χ3v) is 2.87. The van der Waals surface area contributed by atoms with Crippen molar-refractivity contribution in [2.24, 2.45) is 5.41 Å². The molecule has 2 rings (SSSR count). The Labute approximate surface area is 51.3 Å². The van der Waals surface area contributed by atoms with Crippen molar-refractivity contribution in [2.75, 3.05) is 0 Å². The van der Waals surface area contributed by atoms with Gasteiger partial charge in [-0.15, -0.1) is 0 Å². The first-order chi connectivity index (χ1) is 3.91. The quantitative estimate of drug-likeness (QED) is 0.449. The van der Waals surface area contributed by atoms with Crippen LogP contribution < -0.4 is 0 Å². The summed E-state index contributed by atoms with van der Waals surface area (Å²) in [4.78, 5) is 0. The fraction of sp³-hybridized carbons (Fsp3) is 1.00. The van der Waals surface area contributed by atoms with Gasteiger partial charge in [-0.25, -0.2) is 0 Å². The topological polar surface area (TPSA) is 0 Å². The highest BCUT2D eigenvalue weighted by Gasteiger charge is 2.42. The monoisotopic (exact) mass is 110 g/mol. The molecule has 0 bridgehead atoms. The third-order valence-electron chi connectivity index (χ3n) is 2.87. The minimum absolute atomic E-state index is 0.929. The minimum atomic E-state index is 0.929. The predicted octanol–water partition coefficient (Wildman–Crippen LogP) is 2.73. The van der Waals surface area contributed by atoms with Gasteiger partial charge in [-0.1, -0.05) is 19.3 Å². The van der Waals surface area contributed by atoms with Crippen LogP contribution in [0.2, 0.25) is 0 Å². The molecule has 0 aliphatic heterocycles. The maximum absolute atomic E-state index is 1.56. The molecule has 0 aromatic heterocycles. The van der Waals surface area contributed by atoms with Crippen LogP contribution in [-0.4, -0.2) is 0 Å². The van der Waals surface area contributed by atoms with E-state index in [1.54, 1.807) is 25.7 Å². The van der Waals surface area contributed by atoms with Gasteiger partial charge in [0.2, 0.25) is 0 Å². The molecule has 2 saturated carbocycles. The van der Waals surface area contributed by atoms with E-state index in [1.165, 1.54) is 19.3 Å². The Kier molecular flexibility index (Phi) is 0.902. The molecule has 8 heavy (non-hydrogen) atoms. The molecule has 0 saturated heterocycles. The molecule has 0 radical (unpaired) electrons. The average Bonchev–Trinajstić information content (AvgIpc) is 2.52. The van der Waals surface area contributed by atoms with Crippen LogP contribution in [0.15, 0.2) is 0 Å². The summed E-state index contributed by atoms with van der Waals surface area (Å²) in [6.45, 7) is 0. The van der Waals surface area contributed by atoms with Gasteiger partial charge in [0.05, 0.1) is 0 Å². The average molecular weight is 110 g/mol. The van der Waals surface area contributed by atoms with Crippen LogP contribution in [0.4, 0.5) is 0 Å². The highest BCUT2D eigenvalue weighted by molar-refractivity contribution is 4.94. The number of rotatable bonds is 0. The normalized spacial score (nSPS) is 33.0. The van der Waals surface area contributed by atoms with E-state index >= 15 is 0 Å². The molecule has 2 fully saturated rings. The smallest absolute Gasteiger partial charge is 0.0297 e. The largest absolute Gasteiger partial charge is 0.0533 e. The number of hydrogen-bond acceptors (Lipinski definition) is 0. The predicted molar refractivity (Wildman–Crippen MR) is 34.8 cm³/mol. The lowest BCUT2D eigenvalue weighted by Gasteiger charge is -2.19. The maximum Gasteiger partial charge on any atom is -0.0297 e. The Morgan fingerprint density at radius 3 is 1.62 bits per heavy atom. The minimum Gasteiger partial charge on any atom is -0.0533 e. The Bertz CT molecular complexity index is 82.2. The van der Waals surface area contributed by atoms with E-state index in [0.717, 1.165) is 5.41 Å². The van der Waals surface area contributed by atoms with E-state index in [0.29, 0.717) is 0 Å². The van der Waals surface area contributed by atoms with Gasteiger partial charge in [-0.3, -0.25) is 0 Å². The Morgan fingerprint density at radius 2 is 1.25 bits per heavy atom. The van der Waals surface area contributed by atoms with Gasteiger partial charge in [0.1, 0.15) is 0 Å². The van der Waals surface area contributed by atoms with Gasteiger partial charge in [0.25, 0.3) is 0 Å². The van der Waals surface area contributed by atoms with Crippen LogP contribution in [-0.2, 0) is 0 Å². The fourth-order valence-corrected chi connectivity index (χ4v) is 1.98. The second kappa shape index (κ2) is 1.49. The summed E-state index contributed by atoms with van der Waals surface area (Å²) in [5.41, 5.74) is 0.929. The lowest BCUT2D eigenvalue weighted by molar-refractivity contribution is 0.337. The SMILES string of the molecule is C1CCC2(CC1)CC2. The van der Waals surface area contributed by atoms with Crippen molar-refractivity contribution in [3.8, 4) is 0 Å². The van der Waals surface area contributed by atoms with Crippen LogP contribution in [0.1, 0.15) is 44.9 Å². The van der Waals surface area contributed by atoms with E-state index in [9.17, 15) is 0 Å². The summed E-state index contributed by atoms with van der Waals surface area (Å²) in [6.07, 6.45) is 10.8. The van der Waals surface area contributed by atoms with Crippen molar-refractivity contribution in [1.29, 1.82) is 0 Å². The van der Waals surface area contributed by atoms with Crippen LogP contribution in [0.25, 0.3) is 0 Å². The molecule has 0 unspecified atom stereocenters. The van der Waals surface area contributed by atoms with Gasteiger partial charge in [-0.05, 0) is 31.1 Å². The Hall–Kier alpha value is 0. The second-order valence-electron chi connectivity index (χ2n) is 3.56.